The molecule has 0 aliphatic carbocycles. The van der Waals surface area contributed by atoms with Gasteiger partial charge in [-0.1, -0.05) is 42.5 Å². The second-order valence-corrected chi connectivity index (χ2v) is 5.61. The first-order valence-electron chi connectivity index (χ1n) is 8.04. The number of aromatic nitrogens is 1. The van der Waals surface area contributed by atoms with Crippen LogP contribution < -0.4 is 10.9 Å². The molecule has 130 valence electrons. The number of hydrogen-bond acceptors (Lipinski definition) is 5. The zero-order valence-electron chi connectivity index (χ0n) is 14.6. The van der Waals surface area contributed by atoms with Gasteiger partial charge in [0.1, 0.15) is 18.2 Å². The van der Waals surface area contributed by atoms with Gasteiger partial charge in [0.2, 0.25) is 0 Å². The van der Waals surface area contributed by atoms with Gasteiger partial charge in [-0.2, -0.15) is 5.26 Å². The molecule has 0 aliphatic heterocycles. The minimum absolute atomic E-state index is 0.0213. The Kier molecular flexibility index (Phi) is 6.69. The first kappa shape index (κ1) is 18.9. The number of ether oxygens (including phenoxy) is 1. The number of hydrogen-bond donors (Lipinski definition) is 1. The fourth-order valence-corrected chi connectivity index (χ4v) is 2.28. The van der Waals surface area contributed by atoms with E-state index in [4.69, 9.17) is 4.74 Å². The summed E-state index contributed by atoms with van der Waals surface area (Å²) in [5.74, 6) is -1.00. The lowest BCUT2D eigenvalue weighted by Crippen LogP contribution is -2.32. The topological polar surface area (TPSA) is 92.1 Å². The summed E-state index contributed by atoms with van der Waals surface area (Å²) in [6, 6.07) is 15.8. The molecule has 2 aromatic rings. The molecule has 0 unspecified atom stereocenters. The number of esters is 1. The molecule has 0 saturated carbocycles. The zero-order chi connectivity index (χ0) is 18.9. The summed E-state index contributed by atoms with van der Waals surface area (Å²) in [5, 5.41) is 12.1. The van der Waals surface area contributed by atoms with E-state index in [-0.39, 0.29) is 12.2 Å². The Labute approximate surface area is 152 Å². The molecule has 0 saturated heterocycles. The van der Waals surface area contributed by atoms with Crippen LogP contribution in [0.4, 0.5) is 0 Å². The minimum atomic E-state index is -0.560. The van der Waals surface area contributed by atoms with Crippen LogP contribution in [-0.4, -0.2) is 31.3 Å². The highest BCUT2D eigenvalue weighted by Gasteiger charge is 2.18. The van der Waals surface area contributed by atoms with Crippen LogP contribution >= 0.6 is 0 Å². The van der Waals surface area contributed by atoms with Crippen LogP contribution in [-0.2, 0) is 14.3 Å². The van der Waals surface area contributed by atoms with Crippen LogP contribution in [0.15, 0.2) is 54.1 Å². The number of amides is 1. The Morgan fingerprint density at radius 3 is 2.62 bits per heavy atom. The summed E-state index contributed by atoms with van der Waals surface area (Å²) >= 11 is 0. The lowest BCUT2D eigenvalue weighted by Gasteiger charge is -2.18. The van der Waals surface area contributed by atoms with Crippen molar-refractivity contribution in [3.05, 3.63) is 65.4 Å². The number of benzene rings is 1. The second kappa shape index (κ2) is 9.18. The van der Waals surface area contributed by atoms with Crippen LogP contribution in [0.1, 0.15) is 24.2 Å². The highest BCUT2D eigenvalue weighted by atomic mass is 16.5. The van der Waals surface area contributed by atoms with Crippen LogP contribution in [0.25, 0.3) is 6.08 Å². The zero-order valence-corrected chi connectivity index (χ0v) is 14.6. The number of nitrogens with zero attached hydrogens (tertiary/aromatic N) is 2. The van der Waals surface area contributed by atoms with Crippen molar-refractivity contribution in [2.24, 2.45) is 0 Å². The molecule has 1 aromatic heterocycles. The third-order valence-corrected chi connectivity index (χ3v) is 3.53. The molecule has 6 nitrogen and oxygen atoms in total. The van der Waals surface area contributed by atoms with Gasteiger partial charge in [0.25, 0.3) is 5.91 Å². The van der Waals surface area contributed by atoms with E-state index in [0.717, 1.165) is 11.2 Å². The predicted molar refractivity (Wildman–Crippen MR) is 100.0 cm³/mol. The van der Waals surface area contributed by atoms with Gasteiger partial charge >= 0.3 is 5.97 Å². The van der Waals surface area contributed by atoms with Gasteiger partial charge in [-0.3, -0.25) is 14.6 Å². The maximum atomic E-state index is 12.5. The Bertz CT molecular complexity index is 860. The lowest BCUT2D eigenvalue weighted by molar-refractivity contribution is -0.142. The Morgan fingerprint density at radius 1 is 1.27 bits per heavy atom. The number of pyridine rings is 1. The van der Waals surface area contributed by atoms with E-state index in [0.29, 0.717) is 5.69 Å². The van der Waals surface area contributed by atoms with E-state index >= 15 is 0 Å². The predicted octanol–water partition coefficient (Wildman–Crippen LogP) is 0.668. The van der Waals surface area contributed by atoms with Crippen molar-refractivity contribution >= 4 is 31.4 Å². The molecule has 1 aromatic carbocycles. The van der Waals surface area contributed by atoms with Gasteiger partial charge < -0.3 is 10.1 Å². The summed E-state index contributed by atoms with van der Waals surface area (Å²) in [6.07, 6.45) is 1.43. The Hall–Kier alpha value is -3.40. The van der Waals surface area contributed by atoms with Crippen molar-refractivity contribution in [3.8, 4) is 6.07 Å². The van der Waals surface area contributed by atoms with Crippen LogP contribution in [0.3, 0.4) is 0 Å². The van der Waals surface area contributed by atoms with E-state index in [1.807, 2.05) is 50.3 Å². The highest BCUT2D eigenvalue weighted by Crippen LogP contribution is 2.14. The quantitative estimate of drug-likeness (QED) is 0.359. The van der Waals surface area contributed by atoms with Crippen molar-refractivity contribution in [2.75, 3.05) is 6.61 Å². The van der Waals surface area contributed by atoms with Gasteiger partial charge in [0.05, 0.1) is 11.7 Å². The van der Waals surface area contributed by atoms with E-state index in [2.05, 4.69) is 10.3 Å². The number of rotatable bonds is 6. The van der Waals surface area contributed by atoms with E-state index in [1.54, 1.807) is 12.1 Å². The van der Waals surface area contributed by atoms with Crippen molar-refractivity contribution in [2.45, 2.75) is 13.0 Å². The molecule has 1 amide bonds. The summed E-state index contributed by atoms with van der Waals surface area (Å²) < 4.78 is 5.04. The summed E-state index contributed by atoms with van der Waals surface area (Å²) in [7, 11) is 1.83. The molecule has 0 spiro atoms. The monoisotopic (exact) mass is 347 g/mol. The summed E-state index contributed by atoms with van der Waals surface area (Å²) in [5.41, 5.74) is 2.00. The normalized spacial score (nSPS) is 11.9. The fourth-order valence-electron chi connectivity index (χ4n) is 2.28. The third-order valence-electron chi connectivity index (χ3n) is 3.53. The molecular formula is C19H18BN3O3. The van der Waals surface area contributed by atoms with Crippen molar-refractivity contribution in [1.82, 2.24) is 10.3 Å². The van der Waals surface area contributed by atoms with Crippen LogP contribution in [0.5, 0.6) is 0 Å². The first-order chi connectivity index (χ1) is 12.5. The van der Waals surface area contributed by atoms with Crippen LogP contribution in [0.2, 0.25) is 0 Å². The lowest BCUT2D eigenvalue weighted by atomic mass is 10.0. The van der Waals surface area contributed by atoms with Gasteiger partial charge in [0.15, 0.2) is 7.85 Å². The number of nitrogens with one attached hydrogen (secondary N) is 1. The molecule has 7 heteroatoms. The van der Waals surface area contributed by atoms with Gasteiger partial charge in [-0.25, -0.2) is 0 Å². The molecule has 26 heavy (non-hydrogen) atoms. The molecule has 0 fully saturated rings. The van der Waals surface area contributed by atoms with E-state index in [9.17, 15) is 14.9 Å². The van der Waals surface area contributed by atoms with Crippen LogP contribution in [0, 0.1) is 11.3 Å². The minimum Gasteiger partial charge on any atom is -0.463 e. The van der Waals surface area contributed by atoms with Gasteiger partial charge in [-0.15, -0.1) is 0 Å². The van der Waals surface area contributed by atoms with E-state index < -0.39 is 17.9 Å². The third kappa shape index (κ3) is 5.60. The highest BCUT2D eigenvalue weighted by molar-refractivity contribution is 6.30. The summed E-state index contributed by atoms with van der Waals surface area (Å²) in [4.78, 5) is 27.9. The average Bonchev–Trinajstić information content (AvgIpc) is 2.63. The average molecular weight is 347 g/mol. The Morgan fingerprint density at radius 2 is 2.00 bits per heavy atom. The Balaban J connectivity index is 2.21. The number of carbonyl (C=O) groups excluding carboxylic acids is 2. The first-order valence-corrected chi connectivity index (χ1v) is 8.04. The van der Waals surface area contributed by atoms with E-state index in [1.165, 1.54) is 13.0 Å². The van der Waals surface area contributed by atoms with Gasteiger partial charge in [-0.05, 0) is 23.3 Å². The molecule has 0 aliphatic rings. The maximum Gasteiger partial charge on any atom is 0.302 e. The SMILES string of the molecule is Bc1cccc(/C=C(\C#N)C(=O)N[C@@H](COC(C)=O)c2ccccc2)n1. The number of carbonyl (C=O) groups is 2. The fraction of sp³-hybridized carbons (Fsp3) is 0.158. The molecule has 1 atom stereocenters. The molecule has 0 bridgehead atoms. The van der Waals surface area contributed by atoms with Crippen molar-refractivity contribution < 1.29 is 14.3 Å². The van der Waals surface area contributed by atoms with Gasteiger partial charge in [0, 0.05) is 6.92 Å². The summed E-state index contributed by atoms with van der Waals surface area (Å²) in [6.45, 7) is 1.28. The van der Waals surface area contributed by atoms with Crippen molar-refractivity contribution in [1.29, 1.82) is 5.26 Å². The molecule has 0 radical (unpaired) electrons. The molecule has 2 rings (SSSR count). The standard InChI is InChI=1S/C19H18BN3O3/c1-13(24)26-12-17(14-6-3-2-4-7-14)23-19(25)15(11-21)10-16-8-5-9-18(20)22-16/h2-10,17H,12,20H2,1H3,(H,23,25)/b15-10+/t17-/m0/s1. The molecular weight excluding hydrogens is 329 g/mol. The smallest absolute Gasteiger partial charge is 0.302 e. The maximum absolute atomic E-state index is 12.5. The molecule has 1 N–H and O–H groups in total. The number of nitriles is 1. The molecule has 1 heterocycles. The van der Waals surface area contributed by atoms with Crippen molar-refractivity contribution in [3.63, 3.8) is 0 Å². The largest absolute Gasteiger partial charge is 0.463 e. The second-order valence-electron chi connectivity index (χ2n) is 5.61.